The molecule has 0 aliphatic carbocycles. The molecule has 0 atom stereocenters. The Balaban J connectivity index is 2.70. The van der Waals surface area contributed by atoms with Gasteiger partial charge in [-0.1, -0.05) is 0 Å². The van der Waals surface area contributed by atoms with Crippen molar-refractivity contribution in [2.75, 3.05) is 0 Å². The molecule has 0 aliphatic rings. The van der Waals surface area contributed by atoms with Crippen molar-refractivity contribution in [2.45, 2.75) is 38.9 Å². The van der Waals surface area contributed by atoms with Crippen molar-refractivity contribution in [1.29, 1.82) is 0 Å². The second kappa shape index (κ2) is 4.00. The molecule has 15 heavy (non-hydrogen) atoms. The molecule has 84 valence electrons. The molecule has 1 aromatic heterocycles. The summed E-state index contributed by atoms with van der Waals surface area (Å²) in [5.41, 5.74) is -1.37. The molecule has 0 aliphatic heterocycles. The van der Waals surface area contributed by atoms with Crippen LogP contribution in [0.25, 0.3) is 0 Å². The van der Waals surface area contributed by atoms with Crippen molar-refractivity contribution in [3.05, 3.63) is 18.6 Å². The third kappa shape index (κ3) is 2.84. The van der Waals surface area contributed by atoms with Crippen LogP contribution in [0.3, 0.4) is 0 Å². The van der Waals surface area contributed by atoms with Gasteiger partial charge in [0.2, 0.25) is 0 Å². The van der Waals surface area contributed by atoms with Crippen LogP contribution in [-0.2, 0) is 4.65 Å². The molecule has 0 unspecified atom stereocenters. The lowest BCUT2D eigenvalue weighted by atomic mass is 9.78. The lowest BCUT2D eigenvalue weighted by Gasteiger charge is -2.38. The Kier molecular flexibility index (Phi) is 3.28. The SMILES string of the molecule is CC(C)(O)C(C)(C)OB(O)c1ccoc1. The maximum Gasteiger partial charge on any atom is 0.494 e. The second-order valence-electron chi connectivity index (χ2n) is 4.60. The van der Waals surface area contributed by atoms with E-state index in [9.17, 15) is 10.1 Å². The van der Waals surface area contributed by atoms with Crippen LogP contribution in [0.1, 0.15) is 27.7 Å². The highest BCUT2D eigenvalue weighted by Crippen LogP contribution is 2.25. The largest absolute Gasteiger partial charge is 0.494 e. The third-order valence-electron chi connectivity index (χ3n) is 2.71. The molecular formula is C10H17BO4. The van der Waals surface area contributed by atoms with Crippen molar-refractivity contribution >= 4 is 12.6 Å². The molecule has 4 nitrogen and oxygen atoms in total. The smallest absolute Gasteiger partial charge is 0.473 e. The number of aliphatic hydroxyl groups is 1. The first kappa shape index (κ1) is 12.3. The van der Waals surface area contributed by atoms with Crippen molar-refractivity contribution in [3.8, 4) is 0 Å². The number of hydrogen-bond acceptors (Lipinski definition) is 4. The van der Waals surface area contributed by atoms with E-state index in [1.54, 1.807) is 33.8 Å². The quantitative estimate of drug-likeness (QED) is 0.714. The fourth-order valence-corrected chi connectivity index (χ4v) is 0.907. The van der Waals surface area contributed by atoms with Gasteiger partial charge in [0.05, 0.1) is 23.7 Å². The van der Waals surface area contributed by atoms with Crippen molar-refractivity contribution in [1.82, 2.24) is 0 Å². The van der Waals surface area contributed by atoms with Crippen LogP contribution in [0.4, 0.5) is 0 Å². The van der Waals surface area contributed by atoms with Gasteiger partial charge in [-0.2, -0.15) is 0 Å². The van der Waals surface area contributed by atoms with Crippen molar-refractivity contribution in [3.63, 3.8) is 0 Å². The van der Waals surface area contributed by atoms with Gasteiger partial charge >= 0.3 is 7.12 Å². The Bertz CT molecular complexity index is 300. The van der Waals surface area contributed by atoms with Crippen LogP contribution in [0, 0.1) is 0 Å². The summed E-state index contributed by atoms with van der Waals surface area (Å²) < 4.78 is 10.2. The second-order valence-corrected chi connectivity index (χ2v) is 4.60. The molecule has 0 aromatic carbocycles. The maximum atomic E-state index is 9.83. The molecular weight excluding hydrogens is 195 g/mol. The van der Waals surface area contributed by atoms with Gasteiger partial charge in [0.25, 0.3) is 0 Å². The average Bonchev–Trinajstić information content (AvgIpc) is 2.51. The summed E-state index contributed by atoms with van der Waals surface area (Å²) in [4.78, 5) is 0. The molecule has 0 amide bonds. The summed E-state index contributed by atoms with van der Waals surface area (Å²) in [6.45, 7) is 6.71. The molecule has 0 saturated heterocycles. The van der Waals surface area contributed by atoms with Crippen LogP contribution in [-0.4, -0.2) is 28.5 Å². The van der Waals surface area contributed by atoms with Crippen LogP contribution in [0.2, 0.25) is 0 Å². The highest BCUT2D eigenvalue weighted by Gasteiger charge is 2.39. The minimum absolute atomic E-state index is 0.535. The number of furan rings is 1. The Hall–Kier alpha value is -0.775. The number of rotatable bonds is 4. The Labute approximate surface area is 90.0 Å². The van der Waals surface area contributed by atoms with E-state index < -0.39 is 18.3 Å². The average molecular weight is 212 g/mol. The molecule has 1 aromatic rings. The topological polar surface area (TPSA) is 62.8 Å². The summed E-state index contributed by atoms with van der Waals surface area (Å²) >= 11 is 0. The Morgan fingerprint density at radius 1 is 1.33 bits per heavy atom. The minimum atomic E-state index is -1.09. The van der Waals surface area contributed by atoms with Gasteiger partial charge < -0.3 is 19.2 Å². The monoisotopic (exact) mass is 212 g/mol. The fourth-order valence-electron chi connectivity index (χ4n) is 0.907. The molecule has 0 fully saturated rings. The standard InChI is InChI=1S/C10H17BO4/c1-9(2,12)10(3,4)15-11(13)8-5-6-14-7-8/h5-7,12-13H,1-4H3. The summed E-state index contributed by atoms with van der Waals surface area (Å²) in [5.74, 6) is 0. The Morgan fingerprint density at radius 3 is 2.33 bits per heavy atom. The summed E-state index contributed by atoms with van der Waals surface area (Å²) in [6.07, 6.45) is 2.87. The van der Waals surface area contributed by atoms with E-state index in [1.807, 2.05) is 0 Å². The van der Waals surface area contributed by atoms with Gasteiger partial charge in [0, 0.05) is 5.46 Å². The highest BCUT2D eigenvalue weighted by molar-refractivity contribution is 6.59. The molecule has 0 spiro atoms. The van der Waals surface area contributed by atoms with E-state index in [1.165, 1.54) is 12.5 Å². The van der Waals surface area contributed by atoms with Gasteiger partial charge in [-0.3, -0.25) is 0 Å². The van der Waals surface area contributed by atoms with Crippen molar-refractivity contribution < 1.29 is 19.2 Å². The fraction of sp³-hybridized carbons (Fsp3) is 0.600. The van der Waals surface area contributed by atoms with E-state index in [0.717, 1.165) is 0 Å². The molecule has 0 saturated carbocycles. The lowest BCUT2D eigenvalue weighted by molar-refractivity contribution is -0.0982. The summed E-state index contributed by atoms with van der Waals surface area (Å²) in [5, 5.41) is 19.5. The maximum absolute atomic E-state index is 9.83. The first-order valence-electron chi connectivity index (χ1n) is 4.84. The van der Waals surface area contributed by atoms with E-state index in [4.69, 9.17) is 9.07 Å². The molecule has 1 heterocycles. The molecule has 5 heteroatoms. The normalized spacial score (nSPS) is 12.9. The van der Waals surface area contributed by atoms with Gasteiger partial charge in [-0.05, 0) is 33.8 Å². The van der Waals surface area contributed by atoms with E-state index in [-0.39, 0.29) is 0 Å². The van der Waals surface area contributed by atoms with Gasteiger partial charge in [-0.25, -0.2) is 0 Å². The van der Waals surface area contributed by atoms with Crippen LogP contribution in [0.5, 0.6) is 0 Å². The Morgan fingerprint density at radius 2 is 1.93 bits per heavy atom. The van der Waals surface area contributed by atoms with E-state index >= 15 is 0 Å². The van der Waals surface area contributed by atoms with Crippen molar-refractivity contribution in [2.24, 2.45) is 0 Å². The molecule has 0 bridgehead atoms. The van der Waals surface area contributed by atoms with Crippen LogP contribution >= 0.6 is 0 Å². The van der Waals surface area contributed by atoms with Gasteiger partial charge in [-0.15, -0.1) is 0 Å². The molecule has 0 radical (unpaired) electrons. The van der Waals surface area contributed by atoms with E-state index in [0.29, 0.717) is 5.46 Å². The number of hydrogen-bond donors (Lipinski definition) is 2. The summed E-state index contributed by atoms with van der Waals surface area (Å²) in [7, 11) is -1.09. The first-order chi connectivity index (χ1) is 6.74. The summed E-state index contributed by atoms with van der Waals surface area (Å²) in [6, 6.07) is 1.62. The minimum Gasteiger partial charge on any atom is -0.473 e. The molecule has 2 N–H and O–H groups in total. The predicted molar refractivity (Wildman–Crippen MR) is 57.8 cm³/mol. The zero-order valence-electron chi connectivity index (χ0n) is 9.52. The zero-order valence-corrected chi connectivity index (χ0v) is 9.52. The van der Waals surface area contributed by atoms with Crippen LogP contribution < -0.4 is 5.46 Å². The van der Waals surface area contributed by atoms with Crippen LogP contribution in [0.15, 0.2) is 23.0 Å². The van der Waals surface area contributed by atoms with Gasteiger partial charge in [0.15, 0.2) is 0 Å². The highest BCUT2D eigenvalue weighted by atomic mass is 16.5. The third-order valence-corrected chi connectivity index (χ3v) is 2.71. The predicted octanol–water partition coefficient (Wildman–Crippen LogP) is 0.533. The zero-order chi connectivity index (χ0) is 11.7. The first-order valence-corrected chi connectivity index (χ1v) is 4.84. The van der Waals surface area contributed by atoms with Gasteiger partial charge in [0.1, 0.15) is 0 Å². The van der Waals surface area contributed by atoms with E-state index in [2.05, 4.69) is 0 Å². The lowest BCUT2D eigenvalue weighted by Crippen LogP contribution is -2.52. The molecule has 1 rings (SSSR count).